The summed E-state index contributed by atoms with van der Waals surface area (Å²) in [6.45, 7) is 2.48. The molecule has 0 saturated heterocycles. The Balaban J connectivity index is 2.39. The molecule has 0 spiro atoms. The lowest BCUT2D eigenvalue weighted by atomic mass is 10.3. The zero-order valence-electron chi connectivity index (χ0n) is 9.60. The molecule has 0 aliphatic heterocycles. The molecular formula is C9H16N4O2S. The van der Waals surface area contributed by atoms with Crippen molar-refractivity contribution >= 4 is 17.4 Å². The van der Waals surface area contributed by atoms with E-state index in [1.165, 1.54) is 0 Å². The van der Waals surface area contributed by atoms with Crippen LogP contribution < -0.4 is 5.32 Å². The summed E-state index contributed by atoms with van der Waals surface area (Å²) in [6, 6.07) is 0. The minimum absolute atomic E-state index is 0.231. The van der Waals surface area contributed by atoms with Crippen molar-refractivity contribution < 1.29 is 9.90 Å². The Morgan fingerprint density at radius 1 is 1.62 bits per heavy atom. The Labute approximate surface area is 98.4 Å². The molecule has 0 radical (unpaired) electrons. The summed E-state index contributed by atoms with van der Waals surface area (Å²) in [7, 11) is 3.73. The maximum Gasteiger partial charge on any atom is 0.265 e. The van der Waals surface area contributed by atoms with E-state index >= 15 is 0 Å². The molecule has 1 rings (SSSR count). The third-order valence-electron chi connectivity index (χ3n) is 1.93. The second kappa shape index (κ2) is 5.88. The van der Waals surface area contributed by atoms with Gasteiger partial charge in [-0.3, -0.25) is 4.79 Å². The monoisotopic (exact) mass is 244 g/mol. The number of aliphatic hydroxyl groups excluding tert-OH is 1. The minimum atomic E-state index is -0.569. The van der Waals surface area contributed by atoms with Crippen molar-refractivity contribution in [1.29, 1.82) is 0 Å². The molecule has 0 aromatic carbocycles. The summed E-state index contributed by atoms with van der Waals surface area (Å²) in [5, 5.41) is 15.9. The second-order valence-corrected chi connectivity index (χ2v) is 4.57. The van der Waals surface area contributed by atoms with Crippen LogP contribution in [-0.2, 0) is 0 Å². The van der Waals surface area contributed by atoms with Gasteiger partial charge in [-0.25, -0.2) is 0 Å². The van der Waals surface area contributed by atoms with Crippen LogP contribution in [-0.4, -0.2) is 58.8 Å². The topological polar surface area (TPSA) is 78.3 Å². The molecule has 90 valence electrons. The SMILES string of the molecule is Cc1nnsc1C(=O)NCC(O)CN(C)C. The van der Waals surface area contributed by atoms with Gasteiger partial charge in [0, 0.05) is 13.1 Å². The standard InChI is InChI=1S/C9H16N4O2S/c1-6-8(16-12-11-6)9(15)10-4-7(14)5-13(2)3/h7,14H,4-5H2,1-3H3,(H,10,15). The van der Waals surface area contributed by atoms with E-state index in [9.17, 15) is 9.90 Å². The number of aryl methyl sites for hydroxylation is 1. The van der Waals surface area contributed by atoms with Crippen LogP contribution in [0.5, 0.6) is 0 Å². The van der Waals surface area contributed by atoms with Gasteiger partial charge >= 0.3 is 0 Å². The van der Waals surface area contributed by atoms with E-state index in [2.05, 4.69) is 14.9 Å². The highest BCUT2D eigenvalue weighted by molar-refractivity contribution is 7.07. The number of aliphatic hydroxyl groups is 1. The number of amides is 1. The van der Waals surface area contributed by atoms with Crippen molar-refractivity contribution in [1.82, 2.24) is 19.8 Å². The summed E-state index contributed by atoms with van der Waals surface area (Å²) in [5.41, 5.74) is 0.615. The predicted octanol–water partition coefficient (Wildman–Crippen LogP) is -0.501. The van der Waals surface area contributed by atoms with Crippen LogP contribution in [0, 0.1) is 6.92 Å². The van der Waals surface area contributed by atoms with E-state index in [0.29, 0.717) is 17.1 Å². The molecule has 0 saturated carbocycles. The first kappa shape index (κ1) is 13.0. The fourth-order valence-electron chi connectivity index (χ4n) is 1.22. The van der Waals surface area contributed by atoms with Crippen molar-refractivity contribution in [3.63, 3.8) is 0 Å². The first-order valence-corrected chi connectivity index (χ1v) is 5.68. The summed E-state index contributed by atoms with van der Waals surface area (Å²) in [4.78, 5) is 14.0. The summed E-state index contributed by atoms with van der Waals surface area (Å²) >= 11 is 1.06. The molecule has 16 heavy (non-hydrogen) atoms. The Morgan fingerprint density at radius 2 is 2.31 bits per heavy atom. The molecule has 6 nitrogen and oxygen atoms in total. The summed E-state index contributed by atoms with van der Waals surface area (Å²) < 4.78 is 3.68. The summed E-state index contributed by atoms with van der Waals surface area (Å²) in [5.74, 6) is -0.231. The molecule has 1 amide bonds. The first-order chi connectivity index (χ1) is 7.50. The third-order valence-corrected chi connectivity index (χ3v) is 2.76. The van der Waals surface area contributed by atoms with Crippen LogP contribution in [0.4, 0.5) is 0 Å². The zero-order valence-corrected chi connectivity index (χ0v) is 10.4. The van der Waals surface area contributed by atoms with Gasteiger partial charge in [0.15, 0.2) is 0 Å². The average Bonchev–Trinajstić information content (AvgIpc) is 2.60. The van der Waals surface area contributed by atoms with Crippen LogP contribution >= 0.6 is 11.5 Å². The van der Waals surface area contributed by atoms with Gasteiger partial charge < -0.3 is 15.3 Å². The first-order valence-electron chi connectivity index (χ1n) is 4.90. The fraction of sp³-hybridized carbons (Fsp3) is 0.667. The molecule has 1 atom stereocenters. The van der Waals surface area contributed by atoms with E-state index in [-0.39, 0.29) is 12.5 Å². The van der Waals surface area contributed by atoms with Gasteiger partial charge in [-0.15, -0.1) is 5.10 Å². The molecule has 0 aliphatic carbocycles. The molecule has 1 heterocycles. The summed E-state index contributed by atoms with van der Waals surface area (Å²) in [6.07, 6.45) is -0.569. The molecule has 0 fully saturated rings. The number of aromatic nitrogens is 2. The average molecular weight is 244 g/mol. The van der Waals surface area contributed by atoms with Crippen LogP contribution in [0.2, 0.25) is 0 Å². The van der Waals surface area contributed by atoms with Gasteiger partial charge in [-0.05, 0) is 32.6 Å². The van der Waals surface area contributed by atoms with Gasteiger partial charge in [0.1, 0.15) is 4.88 Å². The lowest BCUT2D eigenvalue weighted by Crippen LogP contribution is -2.37. The van der Waals surface area contributed by atoms with Crippen LogP contribution in [0.3, 0.4) is 0 Å². The van der Waals surface area contributed by atoms with Crippen LogP contribution in [0.25, 0.3) is 0 Å². The van der Waals surface area contributed by atoms with Crippen molar-refractivity contribution in [3.8, 4) is 0 Å². The van der Waals surface area contributed by atoms with Gasteiger partial charge in [-0.2, -0.15) is 0 Å². The van der Waals surface area contributed by atoms with Gasteiger partial charge in [0.25, 0.3) is 5.91 Å². The van der Waals surface area contributed by atoms with Crippen molar-refractivity contribution in [2.45, 2.75) is 13.0 Å². The second-order valence-electron chi connectivity index (χ2n) is 3.81. The van der Waals surface area contributed by atoms with E-state index in [1.807, 2.05) is 19.0 Å². The molecular weight excluding hydrogens is 228 g/mol. The van der Waals surface area contributed by atoms with E-state index < -0.39 is 6.10 Å². The molecule has 2 N–H and O–H groups in total. The number of nitrogens with one attached hydrogen (secondary N) is 1. The van der Waals surface area contributed by atoms with E-state index in [0.717, 1.165) is 11.5 Å². The van der Waals surface area contributed by atoms with Crippen molar-refractivity contribution in [3.05, 3.63) is 10.6 Å². The quantitative estimate of drug-likeness (QED) is 0.730. The van der Waals surface area contributed by atoms with Crippen LogP contribution in [0.1, 0.15) is 15.4 Å². The van der Waals surface area contributed by atoms with Gasteiger partial charge in [-0.1, -0.05) is 4.49 Å². The highest BCUT2D eigenvalue weighted by Gasteiger charge is 2.14. The minimum Gasteiger partial charge on any atom is -0.390 e. The molecule has 7 heteroatoms. The number of hydrogen-bond acceptors (Lipinski definition) is 6. The van der Waals surface area contributed by atoms with Gasteiger partial charge in [0.05, 0.1) is 11.8 Å². The Hall–Kier alpha value is -1.05. The molecule has 1 aromatic heterocycles. The highest BCUT2D eigenvalue weighted by Crippen LogP contribution is 2.08. The Bertz CT molecular complexity index is 353. The number of likely N-dealkylation sites (N-methyl/N-ethyl adjacent to an activating group) is 1. The van der Waals surface area contributed by atoms with Crippen molar-refractivity contribution in [2.24, 2.45) is 0 Å². The zero-order chi connectivity index (χ0) is 12.1. The van der Waals surface area contributed by atoms with Gasteiger partial charge in [0.2, 0.25) is 0 Å². The maximum absolute atomic E-state index is 11.6. The molecule has 1 aromatic rings. The molecule has 0 bridgehead atoms. The highest BCUT2D eigenvalue weighted by atomic mass is 32.1. The number of rotatable bonds is 5. The van der Waals surface area contributed by atoms with E-state index in [4.69, 9.17) is 0 Å². The largest absolute Gasteiger partial charge is 0.390 e. The third kappa shape index (κ3) is 3.84. The maximum atomic E-state index is 11.6. The molecule has 0 aliphatic rings. The molecule has 1 unspecified atom stereocenters. The lowest BCUT2D eigenvalue weighted by molar-refractivity contribution is 0.0895. The fourth-order valence-corrected chi connectivity index (χ4v) is 1.79. The Morgan fingerprint density at radius 3 is 2.81 bits per heavy atom. The Kier molecular flexibility index (Phi) is 4.78. The van der Waals surface area contributed by atoms with E-state index in [1.54, 1.807) is 6.92 Å². The van der Waals surface area contributed by atoms with Crippen molar-refractivity contribution in [2.75, 3.05) is 27.2 Å². The number of nitrogens with zero attached hydrogens (tertiary/aromatic N) is 3. The normalized spacial score (nSPS) is 12.8. The number of hydrogen-bond donors (Lipinski definition) is 2. The lowest BCUT2D eigenvalue weighted by Gasteiger charge is -2.15. The number of carbonyl (C=O) groups excluding carboxylic acids is 1. The smallest absolute Gasteiger partial charge is 0.265 e. The predicted molar refractivity (Wildman–Crippen MR) is 61.5 cm³/mol. The number of carbonyl (C=O) groups is 1. The van der Waals surface area contributed by atoms with Crippen LogP contribution in [0.15, 0.2) is 0 Å².